The summed E-state index contributed by atoms with van der Waals surface area (Å²) < 4.78 is 5.25. The zero-order chi connectivity index (χ0) is 24.9. The zero-order valence-corrected chi connectivity index (χ0v) is 21.3. The highest BCUT2D eigenvalue weighted by Gasteiger charge is 2.28. The van der Waals surface area contributed by atoms with Crippen molar-refractivity contribution in [3.63, 3.8) is 0 Å². The van der Waals surface area contributed by atoms with Crippen LogP contribution in [0.15, 0.2) is 22.5 Å². The second-order valence-corrected chi connectivity index (χ2v) is 10.7. The highest BCUT2D eigenvalue weighted by atomic mass is 32.2. The molecule has 0 bridgehead atoms. The van der Waals surface area contributed by atoms with Crippen LogP contribution in [0.4, 0.5) is 10.8 Å². The molecule has 0 fully saturated rings. The first-order chi connectivity index (χ1) is 17.0. The van der Waals surface area contributed by atoms with Crippen LogP contribution in [-0.4, -0.2) is 24.2 Å². The van der Waals surface area contributed by atoms with E-state index >= 15 is 0 Å². The smallest absolute Gasteiger partial charge is 0.341 e. The van der Waals surface area contributed by atoms with Gasteiger partial charge < -0.3 is 10.1 Å². The van der Waals surface area contributed by atoms with Gasteiger partial charge in [0.1, 0.15) is 22.7 Å². The summed E-state index contributed by atoms with van der Waals surface area (Å²) in [6, 6.07) is 7.87. The van der Waals surface area contributed by atoms with Crippen molar-refractivity contribution in [1.82, 2.24) is 0 Å². The second-order valence-electron chi connectivity index (χ2n) is 7.67. The normalized spacial score (nSPS) is 12.3. The largest absolute Gasteiger partial charge is 0.462 e. The lowest BCUT2D eigenvalue weighted by atomic mass is 9.95. The maximum atomic E-state index is 12.9. The van der Waals surface area contributed by atoms with Crippen LogP contribution in [0, 0.1) is 22.7 Å². The van der Waals surface area contributed by atoms with Crippen molar-refractivity contribution in [3.05, 3.63) is 44.6 Å². The average Bonchev–Trinajstić information content (AvgIpc) is 3.50. The van der Waals surface area contributed by atoms with Gasteiger partial charge in [0.15, 0.2) is 10.6 Å². The Kier molecular flexibility index (Phi) is 7.71. The third-order valence-electron chi connectivity index (χ3n) is 5.49. The number of hydrogen-bond acceptors (Lipinski definition) is 9. The van der Waals surface area contributed by atoms with Gasteiger partial charge in [-0.25, -0.2) is 9.78 Å². The van der Waals surface area contributed by atoms with E-state index in [9.17, 15) is 20.1 Å². The van der Waals surface area contributed by atoms with Gasteiger partial charge in [0, 0.05) is 15.3 Å². The van der Waals surface area contributed by atoms with Crippen molar-refractivity contribution in [2.75, 3.05) is 23.4 Å². The average molecular weight is 525 g/mol. The molecule has 0 radical (unpaired) electrons. The van der Waals surface area contributed by atoms with Crippen molar-refractivity contribution in [2.24, 2.45) is 0 Å². The number of ether oxygens (including phenoxy) is 1. The molecule has 178 valence electrons. The van der Waals surface area contributed by atoms with Crippen LogP contribution in [0.3, 0.4) is 0 Å². The van der Waals surface area contributed by atoms with Gasteiger partial charge in [-0.2, -0.15) is 10.5 Å². The van der Waals surface area contributed by atoms with Crippen LogP contribution in [0.25, 0.3) is 10.4 Å². The van der Waals surface area contributed by atoms with Crippen LogP contribution in [0.2, 0.25) is 0 Å². The fraction of sp³-hybridized carbons (Fsp3) is 0.292. The lowest BCUT2D eigenvalue weighted by Gasteiger charge is -2.12. The Labute approximate surface area is 214 Å². The predicted molar refractivity (Wildman–Crippen MR) is 136 cm³/mol. The van der Waals surface area contributed by atoms with Gasteiger partial charge in [-0.05, 0) is 49.6 Å². The Hall–Kier alpha value is -3.38. The number of aromatic nitrogens is 1. The van der Waals surface area contributed by atoms with E-state index in [0.717, 1.165) is 52.8 Å². The monoisotopic (exact) mass is 524 g/mol. The molecule has 3 aromatic rings. The molecule has 4 N–H and O–H groups in total. The van der Waals surface area contributed by atoms with Crippen LogP contribution in [0.1, 0.15) is 51.7 Å². The lowest BCUT2D eigenvalue weighted by molar-refractivity contribution is -0.410. The summed E-state index contributed by atoms with van der Waals surface area (Å²) in [4.78, 5) is 30.3. The van der Waals surface area contributed by atoms with E-state index in [2.05, 4.69) is 22.4 Å². The van der Waals surface area contributed by atoms with Crippen molar-refractivity contribution in [3.8, 4) is 22.6 Å². The Morgan fingerprint density at radius 1 is 1.26 bits per heavy atom. The van der Waals surface area contributed by atoms with Gasteiger partial charge in [-0.1, -0.05) is 17.8 Å². The Balaban J connectivity index is 1.59. The van der Waals surface area contributed by atoms with Crippen molar-refractivity contribution < 1.29 is 19.3 Å². The SMILES string of the molecule is CCOC(=O)c1c(NC(=O)CSc2[nH+]c(N)c(C#N)c(-c3cccs3)c2C#N)sc2c1CCCC2. The van der Waals surface area contributed by atoms with E-state index in [1.165, 1.54) is 22.7 Å². The van der Waals surface area contributed by atoms with Crippen LogP contribution >= 0.6 is 34.4 Å². The van der Waals surface area contributed by atoms with Crippen molar-refractivity contribution >= 4 is 57.1 Å². The molecule has 0 saturated heterocycles. The highest BCUT2D eigenvalue weighted by molar-refractivity contribution is 7.99. The van der Waals surface area contributed by atoms with Gasteiger partial charge in [0.05, 0.1) is 17.9 Å². The summed E-state index contributed by atoms with van der Waals surface area (Å²) in [7, 11) is 0. The highest BCUT2D eigenvalue weighted by Crippen LogP contribution is 2.39. The number of rotatable bonds is 7. The zero-order valence-electron chi connectivity index (χ0n) is 18.9. The van der Waals surface area contributed by atoms with E-state index in [0.29, 0.717) is 21.2 Å². The topological polar surface area (TPSA) is 143 Å². The van der Waals surface area contributed by atoms with Gasteiger partial charge in [0.2, 0.25) is 5.91 Å². The summed E-state index contributed by atoms with van der Waals surface area (Å²) >= 11 is 3.94. The number of nitrogens with two attached hydrogens (primary N) is 1. The number of pyridine rings is 1. The summed E-state index contributed by atoms with van der Waals surface area (Å²) in [5, 5.41) is 25.1. The number of anilines is 2. The molecule has 1 amide bonds. The Morgan fingerprint density at radius 2 is 2.03 bits per heavy atom. The van der Waals surface area contributed by atoms with Crippen molar-refractivity contribution in [2.45, 2.75) is 37.6 Å². The number of carbonyl (C=O) groups excluding carboxylic acids is 2. The number of thiophene rings is 2. The fourth-order valence-electron chi connectivity index (χ4n) is 3.99. The summed E-state index contributed by atoms with van der Waals surface area (Å²) in [5.41, 5.74) is 8.43. The number of nitrogens with zero attached hydrogens (tertiary/aromatic N) is 2. The van der Waals surface area contributed by atoms with Crippen LogP contribution < -0.4 is 16.0 Å². The molecule has 4 rings (SSSR count). The number of amides is 1. The first kappa shape index (κ1) is 24.7. The fourth-order valence-corrected chi connectivity index (χ4v) is 6.89. The standard InChI is InChI=1S/C24H21N5O3S3/c1-2-32-24(31)20-13-6-3-4-7-16(13)35-23(20)28-18(30)12-34-22-15(11-26)19(17-8-5-9-33-17)14(10-25)21(27)29-22/h5,8-9H,2-4,6-7,12H2,1H3,(H2,27,29)(H,28,30)/p+1. The van der Waals surface area contributed by atoms with Gasteiger partial charge in [-0.3, -0.25) is 10.5 Å². The third-order valence-corrected chi connectivity index (χ3v) is 8.58. The molecule has 0 atom stereocenters. The number of thioether (sulfide) groups is 1. The summed E-state index contributed by atoms with van der Waals surface area (Å²) in [6.45, 7) is 2.01. The maximum absolute atomic E-state index is 12.9. The van der Waals surface area contributed by atoms with Crippen LogP contribution in [-0.2, 0) is 22.4 Å². The van der Waals surface area contributed by atoms with E-state index in [1.807, 2.05) is 17.5 Å². The molecule has 3 aromatic heterocycles. The van der Waals surface area contributed by atoms with Gasteiger partial charge in [-0.15, -0.1) is 22.7 Å². The number of carbonyl (C=O) groups is 2. The quantitative estimate of drug-likeness (QED) is 0.344. The molecule has 1 aliphatic rings. The molecule has 1 aliphatic carbocycles. The molecule has 0 saturated carbocycles. The molecule has 11 heteroatoms. The Bertz CT molecular complexity index is 1370. The van der Waals surface area contributed by atoms with Gasteiger partial charge in [0.25, 0.3) is 5.82 Å². The van der Waals surface area contributed by atoms with Crippen LogP contribution in [0.5, 0.6) is 0 Å². The first-order valence-electron chi connectivity index (χ1n) is 11.0. The molecule has 35 heavy (non-hydrogen) atoms. The molecular formula is C24H22N5O3S3+. The molecular weight excluding hydrogens is 502 g/mol. The number of hydrogen-bond donors (Lipinski definition) is 2. The number of nitriles is 2. The summed E-state index contributed by atoms with van der Waals surface area (Å²) in [5.74, 6) is -0.633. The number of fused-ring (bicyclic) bond motifs is 1. The van der Waals surface area contributed by atoms with Crippen molar-refractivity contribution in [1.29, 1.82) is 10.5 Å². The minimum Gasteiger partial charge on any atom is -0.462 e. The molecule has 3 heterocycles. The third kappa shape index (κ3) is 5.03. The molecule has 8 nitrogen and oxygen atoms in total. The lowest BCUT2D eigenvalue weighted by Crippen LogP contribution is -2.21. The van der Waals surface area contributed by atoms with Gasteiger partial charge >= 0.3 is 5.97 Å². The number of esters is 1. The Morgan fingerprint density at radius 3 is 2.71 bits per heavy atom. The maximum Gasteiger partial charge on any atom is 0.341 e. The van der Waals surface area contributed by atoms with E-state index in [-0.39, 0.29) is 35.2 Å². The summed E-state index contributed by atoms with van der Waals surface area (Å²) in [6.07, 6.45) is 3.73. The number of H-pyrrole nitrogens is 1. The molecule has 0 unspecified atom stereocenters. The minimum atomic E-state index is -0.421. The number of nitrogens with one attached hydrogen (secondary N) is 2. The van der Waals surface area contributed by atoms with E-state index in [4.69, 9.17) is 10.5 Å². The molecule has 0 aliphatic heterocycles. The first-order valence-corrected chi connectivity index (χ1v) is 13.6. The van der Waals surface area contributed by atoms with E-state index < -0.39 is 5.97 Å². The molecule has 0 aromatic carbocycles. The minimum absolute atomic E-state index is 0.0226. The molecule has 0 spiro atoms. The predicted octanol–water partition coefficient (Wildman–Crippen LogP) is 4.40. The number of aryl methyl sites for hydroxylation is 1. The van der Waals surface area contributed by atoms with E-state index in [1.54, 1.807) is 6.92 Å². The number of nitrogen functional groups attached to an aromatic ring is 1. The second kappa shape index (κ2) is 10.9. The number of aromatic amines is 1.